The maximum atomic E-state index is 11.8. The first-order valence-corrected chi connectivity index (χ1v) is 7.32. The Morgan fingerprint density at radius 1 is 1.35 bits per heavy atom. The summed E-state index contributed by atoms with van der Waals surface area (Å²) >= 11 is 3.36. The molecule has 0 aliphatic heterocycles. The molecule has 0 saturated heterocycles. The number of hydrogen-bond donors (Lipinski definition) is 1. The molecule has 0 aliphatic rings. The van der Waals surface area contributed by atoms with Gasteiger partial charge in [-0.15, -0.1) is 0 Å². The van der Waals surface area contributed by atoms with Gasteiger partial charge in [0.25, 0.3) is 5.56 Å². The minimum atomic E-state index is -0.0682. The molecule has 20 heavy (non-hydrogen) atoms. The molecule has 0 aromatic carbocycles. The first kappa shape index (κ1) is 14.7. The van der Waals surface area contributed by atoms with Crippen molar-refractivity contribution in [2.45, 2.75) is 26.8 Å². The fraction of sp³-hybridized carbons (Fsp3) is 0.357. The number of nitrogens with one attached hydrogen (secondary N) is 1. The lowest BCUT2D eigenvalue weighted by Crippen LogP contribution is -2.20. The zero-order chi connectivity index (χ0) is 14.5. The minimum Gasteiger partial charge on any atom is -0.370 e. The van der Waals surface area contributed by atoms with Crippen molar-refractivity contribution in [3.63, 3.8) is 0 Å². The molecule has 0 saturated carbocycles. The standard InChI is InChI=1S/C14H17BrN4O/c1-3-6-16-12-7-10(2)17-13(18-12)9-19-8-11(15)4-5-14(19)20/h4-5,7-8H,3,6,9H2,1-2H3,(H,16,17,18). The molecule has 0 unspecified atom stereocenters. The molecule has 2 rings (SSSR count). The number of hydrogen-bond acceptors (Lipinski definition) is 4. The van der Waals surface area contributed by atoms with Crippen LogP contribution in [-0.2, 0) is 6.54 Å². The van der Waals surface area contributed by atoms with Crippen molar-refractivity contribution >= 4 is 21.7 Å². The molecule has 6 heteroatoms. The Bertz CT molecular complexity index is 654. The monoisotopic (exact) mass is 336 g/mol. The molecule has 0 fully saturated rings. The molecule has 0 spiro atoms. The number of rotatable bonds is 5. The minimum absolute atomic E-state index is 0.0682. The highest BCUT2D eigenvalue weighted by Gasteiger charge is 2.05. The summed E-state index contributed by atoms with van der Waals surface area (Å²) in [5, 5.41) is 3.24. The van der Waals surface area contributed by atoms with Crippen molar-refractivity contribution in [2.75, 3.05) is 11.9 Å². The normalized spacial score (nSPS) is 10.6. The highest BCUT2D eigenvalue weighted by molar-refractivity contribution is 9.10. The third-order valence-corrected chi connectivity index (χ3v) is 3.18. The van der Waals surface area contributed by atoms with Gasteiger partial charge in [-0.05, 0) is 35.3 Å². The van der Waals surface area contributed by atoms with Crippen molar-refractivity contribution in [2.24, 2.45) is 0 Å². The van der Waals surface area contributed by atoms with E-state index in [4.69, 9.17) is 0 Å². The van der Waals surface area contributed by atoms with Gasteiger partial charge in [-0.25, -0.2) is 9.97 Å². The van der Waals surface area contributed by atoms with Crippen molar-refractivity contribution in [1.29, 1.82) is 0 Å². The van der Waals surface area contributed by atoms with Crippen LogP contribution in [0.4, 0.5) is 5.82 Å². The Kier molecular flexibility index (Phi) is 4.89. The molecule has 2 aromatic heterocycles. The Labute approximate surface area is 126 Å². The van der Waals surface area contributed by atoms with Crippen LogP contribution < -0.4 is 10.9 Å². The quantitative estimate of drug-likeness (QED) is 0.911. The van der Waals surface area contributed by atoms with E-state index in [-0.39, 0.29) is 5.56 Å². The van der Waals surface area contributed by atoms with Gasteiger partial charge >= 0.3 is 0 Å². The van der Waals surface area contributed by atoms with Gasteiger partial charge in [0, 0.05) is 35.0 Å². The van der Waals surface area contributed by atoms with Crippen LogP contribution >= 0.6 is 15.9 Å². The lowest BCUT2D eigenvalue weighted by molar-refractivity contribution is 0.708. The van der Waals surface area contributed by atoms with E-state index in [2.05, 4.69) is 38.1 Å². The maximum Gasteiger partial charge on any atom is 0.250 e. The number of aryl methyl sites for hydroxylation is 1. The molecule has 0 radical (unpaired) electrons. The second kappa shape index (κ2) is 6.65. The number of nitrogens with zero attached hydrogens (tertiary/aromatic N) is 3. The summed E-state index contributed by atoms with van der Waals surface area (Å²) in [5.74, 6) is 1.43. The second-order valence-corrected chi connectivity index (χ2v) is 5.47. The van der Waals surface area contributed by atoms with Gasteiger partial charge < -0.3 is 9.88 Å². The van der Waals surface area contributed by atoms with Gasteiger partial charge in [-0.3, -0.25) is 4.79 Å². The third-order valence-electron chi connectivity index (χ3n) is 2.72. The second-order valence-electron chi connectivity index (χ2n) is 4.55. The van der Waals surface area contributed by atoms with Gasteiger partial charge in [-0.2, -0.15) is 0 Å². The van der Waals surface area contributed by atoms with Crippen LogP contribution in [0.2, 0.25) is 0 Å². The molecule has 0 bridgehead atoms. The zero-order valence-corrected chi connectivity index (χ0v) is 13.1. The first-order chi connectivity index (χ1) is 9.58. The van der Waals surface area contributed by atoms with E-state index >= 15 is 0 Å². The Morgan fingerprint density at radius 2 is 2.15 bits per heavy atom. The highest BCUT2D eigenvalue weighted by Crippen LogP contribution is 2.09. The van der Waals surface area contributed by atoms with Crippen molar-refractivity contribution in [3.05, 3.63) is 50.7 Å². The topological polar surface area (TPSA) is 59.8 Å². The molecule has 0 aliphatic carbocycles. The van der Waals surface area contributed by atoms with E-state index in [0.29, 0.717) is 12.4 Å². The van der Waals surface area contributed by atoms with E-state index < -0.39 is 0 Å². The fourth-order valence-electron chi connectivity index (χ4n) is 1.82. The highest BCUT2D eigenvalue weighted by atomic mass is 79.9. The summed E-state index contributed by atoms with van der Waals surface area (Å²) in [5.41, 5.74) is 0.818. The number of aromatic nitrogens is 3. The van der Waals surface area contributed by atoms with E-state index in [0.717, 1.165) is 29.0 Å². The number of pyridine rings is 1. The van der Waals surface area contributed by atoms with Crippen LogP contribution in [0.3, 0.4) is 0 Å². The van der Waals surface area contributed by atoms with Gasteiger partial charge in [0.2, 0.25) is 0 Å². The van der Waals surface area contributed by atoms with Crippen molar-refractivity contribution in [3.8, 4) is 0 Å². The van der Waals surface area contributed by atoms with E-state index in [1.54, 1.807) is 16.8 Å². The molecule has 5 nitrogen and oxygen atoms in total. The Morgan fingerprint density at radius 3 is 2.90 bits per heavy atom. The summed E-state index contributed by atoms with van der Waals surface area (Å²) in [6.45, 7) is 5.25. The summed E-state index contributed by atoms with van der Waals surface area (Å²) in [4.78, 5) is 20.6. The lowest BCUT2D eigenvalue weighted by Gasteiger charge is -2.09. The lowest BCUT2D eigenvalue weighted by atomic mass is 10.4. The largest absolute Gasteiger partial charge is 0.370 e. The Hall–Kier alpha value is -1.69. The molecular formula is C14H17BrN4O. The molecule has 2 aromatic rings. The van der Waals surface area contributed by atoms with Crippen LogP contribution in [0.5, 0.6) is 0 Å². The summed E-state index contributed by atoms with van der Waals surface area (Å²) in [6, 6.07) is 5.16. The average molecular weight is 337 g/mol. The summed E-state index contributed by atoms with van der Waals surface area (Å²) in [6.07, 6.45) is 2.77. The van der Waals surface area contributed by atoms with Gasteiger partial charge in [-0.1, -0.05) is 6.92 Å². The first-order valence-electron chi connectivity index (χ1n) is 6.53. The summed E-state index contributed by atoms with van der Waals surface area (Å²) < 4.78 is 2.44. The summed E-state index contributed by atoms with van der Waals surface area (Å²) in [7, 11) is 0. The third kappa shape index (κ3) is 3.90. The number of halogens is 1. The molecule has 1 N–H and O–H groups in total. The molecule has 0 atom stereocenters. The Balaban J connectivity index is 2.26. The van der Waals surface area contributed by atoms with Crippen LogP contribution in [0, 0.1) is 6.92 Å². The smallest absolute Gasteiger partial charge is 0.250 e. The molecule has 0 amide bonds. The fourth-order valence-corrected chi connectivity index (χ4v) is 2.20. The molecule has 106 valence electrons. The van der Waals surface area contributed by atoms with Gasteiger partial charge in [0.1, 0.15) is 5.82 Å². The van der Waals surface area contributed by atoms with Gasteiger partial charge in [0.15, 0.2) is 5.82 Å². The van der Waals surface area contributed by atoms with Crippen LogP contribution in [-0.4, -0.2) is 21.1 Å². The van der Waals surface area contributed by atoms with E-state index in [1.165, 1.54) is 6.07 Å². The average Bonchev–Trinajstić information content (AvgIpc) is 2.40. The number of anilines is 1. The molecular weight excluding hydrogens is 320 g/mol. The van der Waals surface area contributed by atoms with E-state index in [1.807, 2.05) is 13.0 Å². The van der Waals surface area contributed by atoms with E-state index in [9.17, 15) is 4.79 Å². The maximum absolute atomic E-state index is 11.8. The predicted octanol–water partition coefficient (Wildman–Crippen LogP) is 2.58. The van der Waals surface area contributed by atoms with Crippen LogP contribution in [0.25, 0.3) is 0 Å². The predicted molar refractivity (Wildman–Crippen MR) is 83.1 cm³/mol. The van der Waals surface area contributed by atoms with Crippen molar-refractivity contribution < 1.29 is 0 Å². The zero-order valence-electron chi connectivity index (χ0n) is 11.6. The van der Waals surface area contributed by atoms with Gasteiger partial charge in [0.05, 0.1) is 6.54 Å². The SMILES string of the molecule is CCCNc1cc(C)nc(Cn2cc(Br)ccc2=O)n1. The molecule has 2 heterocycles. The van der Waals surface area contributed by atoms with Crippen LogP contribution in [0.1, 0.15) is 24.9 Å². The van der Waals surface area contributed by atoms with Crippen molar-refractivity contribution in [1.82, 2.24) is 14.5 Å². The van der Waals surface area contributed by atoms with Crippen LogP contribution in [0.15, 0.2) is 33.7 Å².